The van der Waals surface area contributed by atoms with Gasteiger partial charge >= 0.3 is 6.03 Å². The second-order valence-electron chi connectivity index (χ2n) is 5.28. The monoisotopic (exact) mass is 300 g/mol. The van der Waals surface area contributed by atoms with E-state index in [4.69, 9.17) is 11.6 Å². The number of benzene rings is 2. The molecule has 0 aromatic heterocycles. The number of urea groups is 1. The quantitative estimate of drug-likeness (QED) is 0.818. The molecule has 0 aliphatic carbocycles. The molecule has 0 fully saturated rings. The fourth-order valence-corrected chi connectivity index (χ4v) is 2.79. The average molecular weight is 301 g/mol. The summed E-state index contributed by atoms with van der Waals surface area (Å²) in [5.74, 6) is 0. The minimum Gasteiger partial charge on any atom is -0.307 e. The summed E-state index contributed by atoms with van der Waals surface area (Å²) < 4.78 is 0. The standard InChI is InChI=1S/C17H17ClN2O/c1-12-8-9-14(11-15(12)18)19-17(21)20-10-4-6-13-5-2-3-7-16(13)20/h2-3,5,7-9,11H,4,6,10H2,1H3,(H,19,21). The maximum Gasteiger partial charge on any atom is 0.326 e. The number of carbonyl (C=O) groups is 1. The Morgan fingerprint density at radius 1 is 1.24 bits per heavy atom. The Hall–Kier alpha value is -2.00. The van der Waals surface area contributed by atoms with Gasteiger partial charge in [0.05, 0.1) is 0 Å². The summed E-state index contributed by atoms with van der Waals surface area (Å²) in [6.45, 7) is 2.68. The van der Waals surface area contributed by atoms with Gasteiger partial charge in [-0.05, 0) is 49.1 Å². The van der Waals surface area contributed by atoms with Gasteiger partial charge in [-0.15, -0.1) is 0 Å². The maximum absolute atomic E-state index is 12.5. The van der Waals surface area contributed by atoms with Gasteiger partial charge in [0.2, 0.25) is 0 Å². The molecule has 3 nitrogen and oxygen atoms in total. The molecule has 2 aromatic carbocycles. The number of hydrogen-bond donors (Lipinski definition) is 1. The molecule has 1 heterocycles. The van der Waals surface area contributed by atoms with E-state index in [9.17, 15) is 4.79 Å². The third kappa shape index (κ3) is 2.88. The van der Waals surface area contributed by atoms with Crippen LogP contribution < -0.4 is 10.2 Å². The first-order valence-electron chi connectivity index (χ1n) is 7.08. The Kier molecular flexibility index (Phi) is 3.84. The normalized spacial score (nSPS) is 13.7. The van der Waals surface area contributed by atoms with Crippen LogP contribution in [0.25, 0.3) is 0 Å². The number of para-hydroxylation sites is 1. The van der Waals surface area contributed by atoms with Crippen molar-refractivity contribution >= 4 is 29.0 Å². The zero-order valence-corrected chi connectivity index (χ0v) is 12.7. The van der Waals surface area contributed by atoms with Crippen molar-refractivity contribution in [2.75, 3.05) is 16.8 Å². The Labute approximate surface area is 129 Å². The first-order chi connectivity index (χ1) is 10.1. The van der Waals surface area contributed by atoms with E-state index in [2.05, 4.69) is 11.4 Å². The molecule has 2 aromatic rings. The molecule has 108 valence electrons. The van der Waals surface area contributed by atoms with Crippen LogP contribution in [0.1, 0.15) is 17.5 Å². The van der Waals surface area contributed by atoms with Gasteiger partial charge in [0.25, 0.3) is 0 Å². The second-order valence-corrected chi connectivity index (χ2v) is 5.69. The van der Waals surface area contributed by atoms with Crippen LogP contribution in [0.2, 0.25) is 5.02 Å². The maximum atomic E-state index is 12.5. The van der Waals surface area contributed by atoms with Gasteiger partial charge in [-0.25, -0.2) is 4.79 Å². The van der Waals surface area contributed by atoms with Crippen molar-refractivity contribution in [3.63, 3.8) is 0 Å². The number of nitrogens with one attached hydrogen (secondary N) is 1. The summed E-state index contributed by atoms with van der Waals surface area (Å²) >= 11 is 6.10. The van der Waals surface area contributed by atoms with Crippen LogP contribution in [-0.4, -0.2) is 12.6 Å². The van der Waals surface area contributed by atoms with Crippen molar-refractivity contribution in [1.82, 2.24) is 0 Å². The van der Waals surface area contributed by atoms with Crippen molar-refractivity contribution < 1.29 is 4.79 Å². The number of rotatable bonds is 1. The minimum atomic E-state index is -0.109. The molecule has 2 amide bonds. The number of amides is 2. The first kappa shape index (κ1) is 14.0. The van der Waals surface area contributed by atoms with Crippen molar-refractivity contribution in [2.24, 2.45) is 0 Å². The molecule has 1 aliphatic rings. The number of nitrogens with zero attached hydrogens (tertiary/aromatic N) is 1. The molecular formula is C17H17ClN2O. The predicted molar refractivity (Wildman–Crippen MR) is 87.3 cm³/mol. The van der Waals surface area contributed by atoms with Crippen LogP contribution in [0.5, 0.6) is 0 Å². The largest absolute Gasteiger partial charge is 0.326 e. The molecule has 1 aliphatic heterocycles. The Balaban J connectivity index is 1.81. The number of anilines is 2. The first-order valence-corrected chi connectivity index (χ1v) is 7.45. The zero-order valence-electron chi connectivity index (χ0n) is 11.9. The molecule has 4 heteroatoms. The van der Waals surface area contributed by atoms with E-state index >= 15 is 0 Å². The lowest BCUT2D eigenvalue weighted by Crippen LogP contribution is -2.38. The van der Waals surface area contributed by atoms with Gasteiger partial charge in [0.1, 0.15) is 0 Å². The van der Waals surface area contributed by atoms with E-state index < -0.39 is 0 Å². The molecule has 1 N–H and O–H groups in total. The highest BCUT2D eigenvalue weighted by Gasteiger charge is 2.22. The van der Waals surface area contributed by atoms with Crippen LogP contribution in [0.4, 0.5) is 16.2 Å². The van der Waals surface area contributed by atoms with Gasteiger partial charge in [-0.2, -0.15) is 0 Å². The topological polar surface area (TPSA) is 32.3 Å². The van der Waals surface area contributed by atoms with Gasteiger partial charge in [0.15, 0.2) is 0 Å². The highest BCUT2D eigenvalue weighted by molar-refractivity contribution is 6.31. The fourth-order valence-electron chi connectivity index (χ4n) is 2.61. The summed E-state index contributed by atoms with van der Waals surface area (Å²) in [6.07, 6.45) is 2.01. The summed E-state index contributed by atoms with van der Waals surface area (Å²) in [5.41, 5.74) is 3.94. The van der Waals surface area contributed by atoms with Gasteiger partial charge in [-0.3, -0.25) is 4.90 Å². The lowest BCUT2D eigenvalue weighted by molar-refractivity contribution is 0.256. The molecule has 0 radical (unpaired) electrons. The zero-order chi connectivity index (χ0) is 14.8. The van der Waals surface area contributed by atoms with Crippen LogP contribution in [0.15, 0.2) is 42.5 Å². The summed E-state index contributed by atoms with van der Waals surface area (Å²) in [7, 11) is 0. The third-order valence-electron chi connectivity index (χ3n) is 3.78. The molecule has 3 rings (SSSR count). The predicted octanol–water partition coefficient (Wildman–Crippen LogP) is 4.63. The molecule has 0 saturated heterocycles. The lowest BCUT2D eigenvalue weighted by atomic mass is 10.0. The van der Waals surface area contributed by atoms with Crippen LogP contribution in [0.3, 0.4) is 0 Å². The van der Waals surface area contributed by atoms with Gasteiger partial charge in [-0.1, -0.05) is 35.9 Å². The highest BCUT2D eigenvalue weighted by Crippen LogP contribution is 2.27. The van der Waals surface area contributed by atoms with E-state index in [1.54, 1.807) is 11.0 Å². The van der Waals surface area contributed by atoms with Crippen molar-refractivity contribution in [3.8, 4) is 0 Å². The summed E-state index contributed by atoms with van der Waals surface area (Å²) in [6, 6.07) is 13.5. The summed E-state index contributed by atoms with van der Waals surface area (Å²) in [4.78, 5) is 14.3. The molecule has 0 atom stereocenters. The number of hydrogen-bond acceptors (Lipinski definition) is 1. The number of carbonyl (C=O) groups excluding carboxylic acids is 1. The average Bonchev–Trinajstić information content (AvgIpc) is 2.50. The lowest BCUT2D eigenvalue weighted by Gasteiger charge is -2.29. The number of fused-ring (bicyclic) bond motifs is 1. The number of aryl methyl sites for hydroxylation is 2. The van der Waals surface area contributed by atoms with E-state index in [1.807, 2.05) is 37.3 Å². The van der Waals surface area contributed by atoms with E-state index in [-0.39, 0.29) is 6.03 Å². The van der Waals surface area contributed by atoms with Crippen molar-refractivity contribution in [2.45, 2.75) is 19.8 Å². The van der Waals surface area contributed by atoms with E-state index in [0.29, 0.717) is 5.02 Å². The SMILES string of the molecule is Cc1ccc(NC(=O)N2CCCc3ccccc32)cc1Cl. The molecular weight excluding hydrogens is 284 g/mol. The minimum absolute atomic E-state index is 0.109. The highest BCUT2D eigenvalue weighted by atomic mass is 35.5. The van der Waals surface area contributed by atoms with Gasteiger partial charge in [0, 0.05) is 22.9 Å². The Morgan fingerprint density at radius 3 is 2.86 bits per heavy atom. The molecule has 0 unspecified atom stereocenters. The van der Waals surface area contributed by atoms with Crippen LogP contribution in [-0.2, 0) is 6.42 Å². The molecule has 21 heavy (non-hydrogen) atoms. The van der Waals surface area contributed by atoms with Gasteiger partial charge < -0.3 is 5.32 Å². The van der Waals surface area contributed by atoms with E-state index in [1.165, 1.54) is 5.56 Å². The molecule has 0 saturated carbocycles. The summed E-state index contributed by atoms with van der Waals surface area (Å²) in [5, 5.41) is 3.58. The smallest absolute Gasteiger partial charge is 0.307 e. The van der Waals surface area contributed by atoms with Crippen LogP contribution >= 0.6 is 11.6 Å². The molecule has 0 spiro atoms. The van der Waals surface area contributed by atoms with E-state index in [0.717, 1.165) is 36.3 Å². The van der Waals surface area contributed by atoms with Crippen molar-refractivity contribution in [1.29, 1.82) is 0 Å². The third-order valence-corrected chi connectivity index (χ3v) is 4.19. The Morgan fingerprint density at radius 2 is 2.05 bits per heavy atom. The van der Waals surface area contributed by atoms with Crippen molar-refractivity contribution in [3.05, 3.63) is 58.6 Å². The number of halogens is 1. The van der Waals surface area contributed by atoms with Crippen LogP contribution in [0, 0.1) is 6.92 Å². The molecule has 0 bridgehead atoms. The Bertz CT molecular complexity index is 684. The fraction of sp³-hybridized carbons (Fsp3) is 0.235. The second kappa shape index (κ2) is 5.78.